The van der Waals surface area contributed by atoms with Gasteiger partial charge >= 0.3 is 0 Å². The Labute approximate surface area is 188 Å². The molecule has 0 aromatic heterocycles. The number of benzene rings is 4. The van der Waals surface area contributed by atoms with Gasteiger partial charge < -0.3 is 5.11 Å². The minimum Gasteiger partial charge on any atom is -0.507 e. The molecule has 4 rings (SSSR count). The summed E-state index contributed by atoms with van der Waals surface area (Å²) >= 11 is 0. The van der Waals surface area contributed by atoms with E-state index >= 15 is 0 Å². The normalized spacial score (nSPS) is 12.4. The predicted molar refractivity (Wildman–Crippen MR) is 123 cm³/mol. The van der Waals surface area contributed by atoms with Gasteiger partial charge in [-0.15, -0.1) is 0 Å². The van der Waals surface area contributed by atoms with Crippen LogP contribution in [0.25, 0.3) is 0 Å². The van der Waals surface area contributed by atoms with E-state index in [1.54, 1.807) is 78.9 Å². The van der Waals surface area contributed by atoms with Gasteiger partial charge in [-0.05, 0) is 52.3 Å². The van der Waals surface area contributed by atoms with Crippen LogP contribution in [0.15, 0.2) is 124 Å². The van der Waals surface area contributed by atoms with Crippen LogP contribution < -0.4 is 0 Å². The number of hydrogen-bond donors (Lipinski definition) is 1. The standard InChI is InChI=1S/C25H21FO4S2/c26-21-16-17-25(24(27)18-21)32(22-12-6-2-7-13-22,23-14-8-3-9-15-23)30-31(28,29)19-20-10-4-1-5-11-20/h1-18,27H,19H2. The van der Waals surface area contributed by atoms with Crippen molar-refractivity contribution in [3.05, 3.63) is 121 Å². The van der Waals surface area contributed by atoms with Crippen LogP contribution in [-0.4, -0.2) is 13.5 Å². The third-order valence-electron chi connectivity index (χ3n) is 4.77. The number of phenolic OH excluding ortho intramolecular Hbond substituents is 1. The molecule has 0 bridgehead atoms. The zero-order chi connectivity index (χ0) is 22.6. The molecule has 0 saturated carbocycles. The second kappa shape index (κ2) is 9.16. The van der Waals surface area contributed by atoms with Gasteiger partial charge in [-0.2, -0.15) is 8.42 Å². The smallest absolute Gasteiger partial charge is 0.281 e. The van der Waals surface area contributed by atoms with Crippen molar-refractivity contribution in [1.29, 1.82) is 0 Å². The largest absolute Gasteiger partial charge is 0.507 e. The Morgan fingerprint density at radius 1 is 0.719 bits per heavy atom. The quantitative estimate of drug-likeness (QED) is 0.347. The summed E-state index contributed by atoms with van der Waals surface area (Å²) in [6.07, 6.45) is 0. The van der Waals surface area contributed by atoms with Crippen LogP contribution in [0.2, 0.25) is 0 Å². The van der Waals surface area contributed by atoms with Crippen LogP contribution in [0, 0.1) is 5.82 Å². The first kappa shape index (κ1) is 22.1. The molecule has 0 aliphatic heterocycles. The molecule has 0 radical (unpaired) electrons. The molecular formula is C25H21FO4S2. The molecule has 4 aromatic rings. The van der Waals surface area contributed by atoms with Gasteiger partial charge in [0.05, 0.1) is 4.90 Å². The maximum absolute atomic E-state index is 13.9. The fourth-order valence-corrected chi connectivity index (χ4v) is 8.85. The molecule has 0 spiro atoms. The average molecular weight is 469 g/mol. The topological polar surface area (TPSA) is 63.6 Å². The van der Waals surface area contributed by atoms with E-state index < -0.39 is 26.2 Å². The number of halogens is 1. The summed E-state index contributed by atoms with van der Waals surface area (Å²) in [5.41, 5.74) is 0.574. The van der Waals surface area contributed by atoms with Crippen LogP contribution in [0.4, 0.5) is 4.39 Å². The van der Waals surface area contributed by atoms with Crippen LogP contribution >= 0.6 is 10.3 Å². The van der Waals surface area contributed by atoms with Gasteiger partial charge in [0.25, 0.3) is 10.1 Å². The van der Waals surface area contributed by atoms with Gasteiger partial charge in [0.15, 0.2) is 0 Å². The summed E-state index contributed by atoms with van der Waals surface area (Å²) in [5.74, 6) is -1.35. The summed E-state index contributed by atoms with van der Waals surface area (Å²) in [4.78, 5) is 1.32. The molecule has 0 aliphatic rings. The maximum atomic E-state index is 13.9. The van der Waals surface area contributed by atoms with Crippen LogP contribution in [0.3, 0.4) is 0 Å². The summed E-state index contributed by atoms with van der Waals surface area (Å²) in [6, 6.07) is 30.0. The van der Waals surface area contributed by atoms with Crippen LogP contribution in [0.1, 0.15) is 5.56 Å². The monoisotopic (exact) mass is 468 g/mol. The van der Waals surface area contributed by atoms with E-state index in [9.17, 15) is 17.9 Å². The second-order valence-electron chi connectivity index (χ2n) is 7.05. The Morgan fingerprint density at radius 3 is 1.72 bits per heavy atom. The minimum atomic E-state index is -4.13. The van der Waals surface area contributed by atoms with Crippen molar-refractivity contribution in [2.75, 3.05) is 0 Å². The maximum Gasteiger partial charge on any atom is 0.281 e. The number of rotatable bonds is 7. The third-order valence-corrected chi connectivity index (χ3v) is 9.94. The highest BCUT2D eigenvalue weighted by molar-refractivity contribution is 8.33. The summed E-state index contributed by atoms with van der Waals surface area (Å²) < 4.78 is 46.7. The number of phenols is 1. The molecule has 1 N–H and O–H groups in total. The molecular weight excluding hydrogens is 447 g/mol. The Bertz CT molecular complexity index is 1260. The predicted octanol–water partition coefficient (Wildman–Crippen LogP) is 6.27. The molecule has 0 saturated heterocycles. The fraction of sp³-hybridized carbons (Fsp3) is 0.0400. The van der Waals surface area contributed by atoms with E-state index in [1.165, 1.54) is 12.1 Å². The Hall–Kier alpha value is -3.13. The van der Waals surface area contributed by atoms with Crippen molar-refractivity contribution in [2.24, 2.45) is 0 Å². The zero-order valence-electron chi connectivity index (χ0n) is 17.0. The van der Waals surface area contributed by atoms with Crippen molar-refractivity contribution in [2.45, 2.75) is 20.4 Å². The second-order valence-corrected chi connectivity index (χ2v) is 11.5. The minimum absolute atomic E-state index is 0.202. The first-order valence-electron chi connectivity index (χ1n) is 9.80. The number of aromatic hydroxyl groups is 1. The summed E-state index contributed by atoms with van der Waals surface area (Å²) in [5, 5.41) is 10.7. The van der Waals surface area contributed by atoms with Gasteiger partial charge in [-0.1, -0.05) is 66.7 Å². The highest BCUT2D eigenvalue weighted by Gasteiger charge is 2.39. The first-order chi connectivity index (χ1) is 15.4. The lowest BCUT2D eigenvalue weighted by Gasteiger charge is -2.39. The van der Waals surface area contributed by atoms with E-state index in [4.69, 9.17) is 3.63 Å². The van der Waals surface area contributed by atoms with Crippen molar-refractivity contribution in [1.82, 2.24) is 0 Å². The number of hydrogen-bond acceptors (Lipinski definition) is 4. The molecule has 0 amide bonds. The van der Waals surface area contributed by atoms with Gasteiger partial charge in [-0.3, -0.25) is 0 Å². The molecule has 0 aliphatic carbocycles. The Kier molecular flexibility index (Phi) is 6.32. The van der Waals surface area contributed by atoms with Crippen LogP contribution in [0.5, 0.6) is 5.75 Å². The summed E-state index contributed by atoms with van der Waals surface area (Å²) in [6.45, 7) is 0. The van der Waals surface area contributed by atoms with E-state index in [-0.39, 0.29) is 16.4 Å². The molecule has 0 fully saturated rings. The highest BCUT2D eigenvalue weighted by atomic mass is 32.3. The van der Waals surface area contributed by atoms with E-state index in [0.717, 1.165) is 6.07 Å². The zero-order valence-corrected chi connectivity index (χ0v) is 18.6. The van der Waals surface area contributed by atoms with Gasteiger partial charge in [0.2, 0.25) is 0 Å². The van der Waals surface area contributed by atoms with E-state index in [2.05, 4.69) is 0 Å². The third kappa shape index (κ3) is 4.55. The molecule has 0 heterocycles. The molecule has 0 unspecified atom stereocenters. The lowest BCUT2D eigenvalue weighted by molar-refractivity contribution is 0.452. The highest BCUT2D eigenvalue weighted by Crippen LogP contribution is 2.71. The first-order valence-corrected chi connectivity index (χ1v) is 12.9. The fourth-order valence-electron chi connectivity index (χ4n) is 3.42. The van der Waals surface area contributed by atoms with Gasteiger partial charge in [0, 0.05) is 15.9 Å². The van der Waals surface area contributed by atoms with Crippen LogP contribution in [-0.2, 0) is 19.5 Å². The lowest BCUT2D eigenvalue weighted by Crippen LogP contribution is -2.16. The molecule has 4 nitrogen and oxygen atoms in total. The average Bonchev–Trinajstić information content (AvgIpc) is 2.79. The van der Waals surface area contributed by atoms with Crippen molar-refractivity contribution in [3.63, 3.8) is 0 Å². The van der Waals surface area contributed by atoms with Crippen molar-refractivity contribution < 1.29 is 21.5 Å². The summed E-state index contributed by atoms with van der Waals surface area (Å²) in [7, 11) is -7.09. The van der Waals surface area contributed by atoms with Gasteiger partial charge in [-0.25, -0.2) is 8.02 Å². The van der Waals surface area contributed by atoms with Crippen molar-refractivity contribution in [3.8, 4) is 5.75 Å². The lowest BCUT2D eigenvalue weighted by atomic mass is 10.2. The molecule has 32 heavy (non-hydrogen) atoms. The van der Waals surface area contributed by atoms with E-state index in [1.807, 2.05) is 12.1 Å². The van der Waals surface area contributed by atoms with E-state index in [0.29, 0.717) is 15.4 Å². The molecule has 4 aromatic carbocycles. The molecule has 164 valence electrons. The SMILES string of the molecule is O=S(=O)(Cc1ccccc1)OS(c1ccccc1)(c1ccccc1)c1ccc(F)cc1O. The molecule has 0 atom stereocenters. The Balaban J connectivity index is 1.97. The Morgan fingerprint density at radius 2 is 1.22 bits per heavy atom. The van der Waals surface area contributed by atoms with Crippen molar-refractivity contribution >= 4 is 20.4 Å². The molecule has 7 heteroatoms. The van der Waals surface area contributed by atoms with Gasteiger partial charge in [0.1, 0.15) is 17.3 Å².